The molecular formula is C18H21N3O. The zero-order chi connectivity index (χ0) is 15.4. The largest absolute Gasteiger partial charge is 0.395 e. The van der Waals surface area contributed by atoms with E-state index in [1.165, 1.54) is 5.56 Å². The number of hydrogen-bond donors (Lipinski definition) is 2. The molecule has 2 N–H and O–H groups in total. The second-order valence-corrected chi connectivity index (χ2v) is 5.41. The lowest BCUT2D eigenvalue weighted by Crippen LogP contribution is -2.25. The van der Waals surface area contributed by atoms with E-state index in [-0.39, 0.29) is 6.61 Å². The summed E-state index contributed by atoms with van der Waals surface area (Å²) < 4.78 is 0. The number of aromatic nitrogens is 2. The van der Waals surface area contributed by atoms with Crippen LogP contribution in [0.2, 0.25) is 0 Å². The van der Waals surface area contributed by atoms with Crippen LogP contribution in [0.4, 0.5) is 0 Å². The average molecular weight is 295 g/mol. The fourth-order valence-corrected chi connectivity index (χ4v) is 2.65. The van der Waals surface area contributed by atoms with Gasteiger partial charge >= 0.3 is 0 Å². The summed E-state index contributed by atoms with van der Waals surface area (Å²) >= 11 is 0. The first-order valence-corrected chi connectivity index (χ1v) is 7.66. The SMILES string of the molecule is CCN(CCO)Cc1ccc(-c2cc3cccnc3[nH]2)cc1. The Labute approximate surface area is 130 Å². The average Bonchev–Trinajstić information content (AvgIpc) is 2.99. The Kier molecular flexibility index (Phi) is 4.51. The van der Waals surface area contributed by atoms with E-state index in [9.17, 15) is 0 Å². The van der Waals surface area contributed by atoms with Crippen LogP contribution in [0.5, 0.6) is 0 Å². The van der Waals surface area contributed by atoms with Crippen LogP contribution >= 0.6 is 0 Å². The van der Waals surface area contributed by atoms with E-state index in [1.54, 1.807) is 6.20 Å². The van der Waals surface area contributed by atoms with Crippen molar-refractivity contribution in [3.8, 4) is 11.3 Å². The Morgan fingerprint density at radius 2 is 2.00 bits per heavy atom. The number of likely N-dealkylation sites (N-methyl/N-ethyl adjacent to an activating group) is 1. The number of aliphatic hydroxyl groups excluding tert-OH is 1. The van der Waals surface area contributed by atoms with Crippen molar-refractivity contribution >= 4 is 11.0 Å². The first kappa shape index (κ1) is 14.8. The first-order valence-electron chi connectivity index (χ1n) is 7.66. The minimum absolute atomic E-state index is 0.202. The minimum atomic E-state index is 0.202. The van der Waals surface area contributed by atoms with Crippen molar-refractivity contribution in [1.82, 2.24) is 14.9 Å². The number of pyridine rings is 1. The van der Waals surface area contributed by atoms with Gasteiger partial charge in [-0.1, -0.05) is 31.2 Å². The normalized spacial score (nSPS) is 11.4. The summed E-state index contributed by atoms with van der Waals surface area (Å²) in [6.07, 6.45) is 1.80. The third-order valence-electron chi connectivity index (χ3n) is 3.93. The maximum absolute atomic E-state index is 9.06. The van der Waals surface area contributed by atoms with E-state index in [0.29, 0.717) is 6.54 Å². The monoisotopic (exact) mass is 295 g/mol. The predicted octanol–water partition coefficient (Wildman–Crippen LogP) is 3.04. The highest BCUT2D eigenvalue weighted by molar-refractivity contribution is 5.82. The molecule has 0 amide bonds. The van der Waals surface area contributed by atoms with Crippen LogP contribution in [0.3, 0.4) is 0 Å². The molecule has 0 radical (unpaired) electrons. The molecule has 0 spiro atoms. The second kappa shape index (κ2) is 6.73. The summed E-state index contributed by atoms with van der Waals surface area (Å²) in [6.45, 7) is 4.84. The fraction of sp³-hybridized carbons (Fsp3) is 0.278. The second-order valence-electron chi connectivity index (χ2n) is 5.41. The molecule has 0 fully saturated rings. The number of aliphatic hydroxyl groups is 1. The van der Waals surface area contributed by atoms with Crippen molar-refractivity contribution < 1.29 is 5.11 Å². The number of aromatic amines is 1. The van der Waals surface area contributed by atoms with Crippen LogP contribution in [-0.2, 0) is 6.54 Å². The quantitative estimate of drug-likeness (QED) is 0.735. The molecule has 0 bridgehead atoms. The smallest absolute Gasteiger partial charge is 0.137 e. The molecule has 0 saturated heterocycles. The van der Waals surface area contributed by atoms with Gasteiger partial charge in [-0.3, -0.25) is 4.90 Å². The molecule has 4 nitrogen and oxygen atoms in total. The number of hydrogen-bond acceptors (Lipinski definition) is 3. The van der Waals surface area contributed by atoms with Crippen LogP contribution in [0.1, 0.15) is 12.5 Å². The Bertz CT molecular complexity index is 700. The molecule has 0 atom stereocenters. The van der Waals surface area contributed by atoms with Crippen molar-refractivity contribution in [2.45, 2.75) is 13.5 Å². The van der Waals surface area contributed by atoms with Crippen molar-refractivity contribution in [3.05, 3.63) is 54.2 Å². The molecule has 0 aliphatic carbocycles. The van der Waals surface area contributed by atoms with E-state index in [2.05, 4.69) is 58.2 Å². The van der Waals surface area contributed by atoms with Gasteiger partial charge in [0.1, 0.15) is 5.65 Å². The van der Waals surface area contributed by atoms with Gasteiger partial charge in [0.2, 0.25) is 0 Å². The van der Waals surface area contributed by atoms with Crippen molar-refractivity contribution in [2.75, 3.05) is 19.7 Å². The highest BCUT2D eigenvalue weighted by Crippen LogP contribution is 2.23. The molecule has 2 aromatic heterocycles. The Balaban J connectivity index is 1.78. The number of fused-ring (bicyclic) bond motifs is 1. The van der Waals surface area contributed by atoms with Crippen molar-refractivity contribution in [2.24, 2.45) is 0 Å². The van der Waals surface area contributed by atoms with Gasteiger partial charge in [0, 0.05) is 30.4 Å². The van der Waals surface area contributed by atoms with E-state index in [0.717, 1.165) is 35.4 Å². The summed E-state index contributed by atoms with van der Waals surface area (Å²) in [5.74, 6) is 0. The lowest BCUT2D eigenvalue weighted by molar-refractivity contribution is 0.197. The summed E-state index contributed by atoms with van der Waals surface area (Å²) in [6, 6.07) is 14.7. The molecule has 114 valence electrons. The molecule has 0 unspecified atom stereocenters. The van der Waals surface area contributed by atoms with Gasteiger partial charge in [0.15, 0.2) is 0 Å². The van der Waals surface area contributed by atoms with E-state index in [4.69, 9.17) is 5.11 Å². The zero-order valence-electron chi connectivity index (χ0n) is 12.8. The van der Waals surface area contributed by atoms with Gasteiger partial charge in [-0.2, -0.15) is 0 Å². The molecular weight excluding hydrogens is 274 g/mol. The maximum atomic E-state index is 9.06. The van der Waals surface area contributed by atoms with E-state index < -0.39 is 0 Å². The van der Waals surface area contributed by atoms with Gasteiger partial charge in [-0.15, -0.1) is 0 Å². The van der Waals surface area contributed by atoms with E-state index >= 15 is 0 Å². The molecule has 1 aromatic carbocycles. The van der Waals surface area contributed by atoms with Crippen LogP contribution < -0.4 is 0 Å². The molecule has 3 rings (SSSR count). The third kappa shape index (κ3) is 3.18. The zero-order valence-corrected chi connectivity index (χ0v) is 12.8. The number of rotatable bonds is 6. The summed E-state index contributed by atoms with van der Waals surface area (Å²) in [7, 11) is 0. The number of H-pyrrole nitrogens is 1. The van der Waals surface area contributed by atoms with Gasteiger partial charge in [-0.25, -0.2) is 4.98 Å². The molecule has 0 saturated carbocycles. The highest BCUT2D eigenvalue weighted by atomic mass is 16.3. The molecule has 2 heterocycles. The van der Waals surface area contributed by atoms with Crippen LogP contribution in [-0.4, -0.2) is 39.7 Å². The Morgan fingerprint density at radius 3 is 2.68 bits per heavy atom. The van der Waals surface area contributed by atoms with Gasteiger partial charge in [0.05, 0.1) is 6.61 Å². The van der Waals surface area contributed by atoms with Gasteiger partial charge in [-0.05, 0) is 35.9 Å². The maximum Gasteiger partial charge on any atom is 0.137 e. The summed E-state index contributed by atoms with van der Waals surface area (Å²) in [5.41, 5.74) is 4.42. The molecule has 0 aliphatic heterocycles. The molecule has 3 aromatic rings. The highest BCUT2D eigenvalue weighted by Gasteiger charge is 2.06. The lowest BCUT2D eigenvalue weighted by Gasteiger charge is -2.19. The standard InChI is InChI=1S/C18H21N3O/c1-2-21(10-11-22)13-14-5-7-15(8-6-14)17-12-16-4-3-9-19-18(16)20-17/h3-9,12,22H,2,10-11,13H2,1H3,(H,19,20). The lowest BCUT2D eigenvalue weighted by atomic mass is 10.1. The minimum Gasteiger partial charge on any atom is -0.395 e. The number of benzene rings is 1. The van der Waals surface area contributed by atoms with Gasteiger partial charge in [0.25, 0.3) is 0 Å². The molecule has 4 heteroatoms. The molecule has 0 aliphatic rings. The fourth-order valence-electron chi connectivity index (χ4n) is 2.65. The van der Waals surface area contributed by atoms with Gasteiger partial charge < -0.3 is 10.1 Å². The van der Waals surface area contributed by atoms with Crippen LogP contribution in [0.15, 0.2) is 48.7 Å². The predicted molar refractivity (Wildman–Crippen MR) is 89.6 cm³/mol. The third-order valence-corrected chi connectivity index (χ3v) is 3.93. The number of nitrogens with one attached hydrogen (secondary N) is 1. The van der Waals surface area contributed by atoms with Crippen molar-refractivity contribution in [3.63, 3.8) is 0 Å². The first-order chi connectivity index (χ1) is 10.8. The topological polar surface area (TPSA) is 52.1 Å². The summed E-state index contributed by atoms with van der Waals surface area (Å²) in [4.78, 5) is 9.90. The van der Waals surface area contributed by atoms with Crippen LogP contribution in [0.25, 0.3) is 22.3 Å². The number of nitrogens with zero attached hydrogens (tertiary/aromatic N) is 2. The van der Waals surface area contributed by atoms with Crippen LogP contribution in [0, 0.1) is 0 Å². The Morgan fingerprint density at radius 1 is 1.18 bits per heavy atom. The van der Waals surface area contributed by atoms with E-state index in [1.807, 2.05) is 6.07 Å². The summed E-state index contributed by atoms with van der Waals surface area (Å²) in [5, 5.41) is 10.2. The Hall–Kier alpha value is -2.17. The van der Waals surface area contributed by atoms with Crippen molar-refractivity contribution in [1.29, 1.82) is 0 Å². The molecule has 22 heavy (non-hydrogen) atoms.